The van der Waals surface area contributed by atoms with Crippen LogP contribution in [0.25, 0.3) is 55.3 Å². The van der Waals surface area contributed by atoms with Crippen LogP contribution in [0, 0.1) is 0 Å². The van der Waals surface area contributed by atoms with E-state index >= 15 is 0 Å². The molecule has 1 fully saturated rings. The van der Waals surface area contributed by atoms with Gasteiger partial charge in [-0.25, -0.2) is 0 Å². The monoisotopic (exact) mass is 719 g/mol. The molecule has 0 aromatic heterocycles. The minimum Gasteiger partial charge on any atom is -0.309 e. The van der Waals surface area contributed by atoms with Crippen molar-refractivity contribution in [3.05, 3.63) is 198 Å². The summed E-state index contributed by atoms with van der Waals surface area (Å²) in [5.41, 5.74) is 19.9. The van der Waals surface area contributed by atoms with Crippen molar-refractivity contribution in [2.75, 3.05) is 4.90 Å². The maximum Gasteiger partial charge on any atom is 0.0618 e. The van der Waals surface area contributed by atoms with Gasteiger partial charge in [0, 0.05) is 33.2 Å². The van der Waals surface area contributed by atoms with E-state index in [-0.39, 0.29) is 10.8 Å². The topological polar surface area (TPSA) is 3.24 Å². The predicted molar refractivity (Wildman–Crippen MR) is 236 cm³/mol. The van der Waals surface area contributed by atoms with Gasteiger partial charge in [-0.2, -0.15) is 0 Å². The molecule has 0 bridgehead atoms. The second-order valence-electron chi connectivity index (χ2n) is 16.8. The zero-order valence-electron chi connectivity index (χ0n) is 32.2. The van der Waals surface area contributed by atoms with Gasteiger partial charge in [0.05, 0.1) is 5.69 Å². The molecule has 3 aliphatic carbocycles. The molecule has 1 saturated carbocycles. The molecule has 0 unspecified atom stereocenters. The van der Waals surface area contributed by atoms with E-state index in [0.717, 1.165) is 5.69 Å². The number of fused-ring (bicyclic) bond motifs is 9. The van der Waals surface area contributed by atoms with E-state index in [9.17, 15) is 0 Å². The zero-order valence-corrected chi connectivity index (χ0v) is 32.2. The summed E-state index contributed by atoms with van der Waals surface area (Å²) in [5.74, 6) is 0. The number of benzene rings is 8. The summed E-state index contributed by atoms with van der Waals surface area (Å²) >= 11 is 0. The third kappa shape index (κ3) is 4.86. The van der Waals surface area contributed by atoms with Gasteiger partial charge in [-0.05, 0) is 104 Å². The van der Waals surface area contributed by atoms with Gasteiger partial charge >= 0.3 is 0 Å². The molecule has 1 heteroatoms. The van der Waals surface area contributed by atoms with Crippen molar-refractivity contribution in [3.63, 3.8) is 0 Å². The van der Waals surface area contributed by atoms with E-state index in [1.165, 1.54) is 121 Å². The number of hydrogen-bond acceptors (Lipinski definition) is 1. The van der Waals surface area contributed by atoms with Gasteiger partial charge in [-0.15, -0.1) is 0 Å². The highest BCUT2D eigenvalue weighted by Crippen LogP contribution is 2.58. The van der Waals surface area contributed by atoms with E-state index < -0.39 is 0 Å². The molecule has 1 spiro atoms. The normalized spacial score (nSPS) is 15.6. The van der Waals surface area contributed by atoms with Crippen molar-refractivity contribution in [2.24, 2.45) is 0 Å². The molecule has 270 valence electrons. The summed E-state index contributed by atoms with van der Waals surface area (Å²) in [6.07, 6.45) is 6.27. The summed E-state index contributed by atoms with van der Waals surface area (Å²) in [6, 6.07) is 66.3. The first kappa shape index (κ1) is 33.2. The SMILES string of the molecule is CC1(C)c2ccccc2-c2cccc(-c3cccc(N(c4ccc5c(c4)C4(CCCCC4)c4ccccc4-5)c4c(-c5ccccc5)ccc5ccccc45)c3)c21. The molecular weight excluding hydrogens is 675 g/mol. The van der Waals surface area contributed by atoms with Crippen LogP contribution in [0.5, 0.6) is 0 Å². The molecule has 0 saturated heterocycles. The summed E-state index contributed by atoms with van der Waals surface area (Å²) < 4.78 is 0. The first-order valence-corrected chi connectivity index (χ1v) is 20.5. The molecule has 3 aliphatic rings. The highest BCUT2D eigenvalue weighted by molar-refractivity contribution is 6.06. The van der Waals surface area contributed by atoms with Gasteiger partial charge in [0.25, 0.3) is 0 Å². The van der Waals surface area contributed by atoms with Crippen molar-refractivity contribution < 1.29 is 0 Å². The number of hydrogen-bond donors (Lipinski definition) is 0. The van der Waals surface area contributed by atoms with E-state index in [0.29, 0.717) is 0 Å². The Bertz CT molecular complexity index is 2820. The van der Waals surface area contributed by atoms with Crippen LogP contribution in [-0.4, -0.2) is 0 Å². The van der Waals surface area contributed by atoms with Crippen molar-refractivity contribution >= 4 is 27.8 Å². The molecule has 0 N–H and O–H groups in total. The Morgan fingerprint density at radius 3 is 1.86 bits per heavy atom. The fourth-order valence-corrected chi connectivity index (χ4v) is 10.9. The Labute approximate surface area is 330 Å². The molecular formula is C55H45N. The molecule has 1 nitrogen and oxygen atoms in total. The third-order valence-electron chi connectivity index (χ3n) is 13.4. The maximum absolute atomic E-state index is 2.58. The van der Waals surface area contributed by atoms with Gasteiger partial charge in [-0.3, -0.25) is 0 Å². The van der Waals surface area contributed by atoms with Gasteiger partial charge in [0.15, 0.2) is 0 Å². The molecule has 11 rings (SSSR count). The minimum atomic E-state index is -0.113. The average molecular weight is 720 g/mol. The highest BCUT2D eigenvalue weighted by Gasteiger charge is 2.44. The van der Waals surface area contributed by atoms with Crippen LogP contribution in [0.1, 0.15) is 68.2 Å². The molecule has 0 amide bonds. The van der Waals surface area contributed by atoms with Crippen molar-refractivity contribution in [2.45, 2.75) is 56.8 Å². The average Bonchev–Trinajstić information content (AvgIpc) is 3.66. The summed E-state index contributed by atoms with van der Waals surface area (Å²) in [5, 5.41) is 2.48. The summed E-state index contributed by atoms with van der Waals surface area (Å²) in [7, 11) is 0. The van der Waals surface area contributed by atoms with Gasteiger partial charge in [0.1, 0.15) is 0 Å². The lowest BCUT2D eigenvalue weighted by Crippen LogP contribution is -2.28. The molecule has 8 aromatic carbocycles. The lowest BCUT2D eigenvalue weighted by Gasteiger charge is -2.37. The van der Waals surface area contributed by atoms with E-state index in [2.05, 4.69) is 195 Å². The van der Waals surface area contributed by atoms with Gasteiger partial charge < -0.3 is 4.90 Å². The third-order valence-corrected chi connectivity index (χ3v) is 13.4. The Morgan fingerprint density at radius 2 is 1.02 bits per heavy atom. The maximum atomic E-state index is 2.58. The Kier molecular flexibility index (Phi) is 7.52. The largest absolute Gasteiger partial charge is 0.309 e. The van der Waals surface area contributed by atoms with Crippen LogP contribution < -0.4 is 4.90 Å². The van der Waals surface area contributed by atoms with E-state index in [1.807, 2.05) is 0 Å². The van der Waals surface area contributed by atoms with E-state index in [1.54, 1.807) is 0 Å². The lowest BCUT2D eigenvalue weighted by atomic mass is 9.68. The van der Waals surface area contributed by atoms with Crippen LogP contribution in [0.4, 0.5) is 17.1 Å². The number of nitrogens with zero attached hydrogens (tertiary/aromatic N) is 1. The summed E-state index contributed by atoms with van der Waals surface area (Å²) in [6.45, 7) is 4.78. The Hall–Kier alpha value is -6.18. The predicted octanol–water partition coefficient (Wildman–Crippen LogP) is 15.2. The smallest absolute Gasteiger partial charge is 0.0618 e. The van der Waals surface area contributed by atoms with Crippen LogP contribution in [0.3, 0.4) is 0 Å². The lowest BCUT2D eigenvalue weighted by molar-refractivity contribution is 0.353. The van der Waals surface area contributed by atoms with Gasteiger partial charge in [0.2, 0.25) is 0 Å². The second kappa shape index (κ2) is 12.7. The fourth-order valence-electron chi connectivity index (χ4n) is 10.9. The Morgan fingerprint density at radius 1 is 0.411 bits per heavy atom. The number of anilines is 3. The standard InChI is InChI=1S/C55H45N/c1-54(2)49-27-11-9-24-46(49)48-26-16-25-42(52(48)54)39-20-15-21-40(35-39)56(53-43-22-8-7-19-38(43)29-31-44(53)37-17-5-3-6-18-37)41-30-32-47-45-23-10-12-28-50(45)55(51(47)36-41)33-13-4-14-34-55/h3,5-12,15-32,35-36H,4,13-14,33-34H2,1-2H3. The zero-order chi connectivity index (χ0) is 37.4. The minimum absolute atomic E-state index is 0.0555. The van der Waals surface area contributed by atoms with Crippen molar-refractivity contribution in [3.8, 4) is 44.5 Å². The molecule has 0 heterocycles. The first-order valence-electron chi connectivity index (χ1n) is 20.5. The molecule has 0 aliphatic heterocycles. The van der Waals surface area contributed by atoms with Crippen LogP contribution >= 0.6 is 0 Å². The van der Waals surface area contributed by atoms with E-state index in [4.69, 9.17) is 0 Å². The quantitative estimate of drug-likeness (QED) is 0.171. The number of rotatable bonds is 5. The van der Waals surface area contributed by atoms with Crippen LogP contribution in [0.15, 0.2) is 176 Å². The molecule has 0 atom stereocenters. The van der Waals surface area contributed by atoms with Crippen LogP contribution in [0.2, 0.25) is 0 Å². The highest BCUT2D eigenvalue weighted by atomic mass is 15.1. The molecule has 0 radical (unpaired) electrons. The fraction of sp³-hybridized carbons (Fsp3) is 0.164. The van der Waals surface area contributed by atoms with Crippen molar-refractivity contribution in [1.82, 2.24) is 0 Å². The first-order chi connectivity index (χ1) is 27.5. The second-order valence-corrected chi connectivity index (χ2v) is 16.8. The molecule has 8 aromatic rings. The Balaban J connectivity index is 1.17. The van der Waals surface area contributed by atoms with Gasteiger partial charge in [-0.1, -0.05) is 185 Å². The van der Waals surface area contributed by atoms with Crippen molar-refractivity contribution in [1.29, 1.82) is 0 Å². The summed E-state index contributed by atoms with van der Waals surface area (Å²) in [4.78, 5) is 2.58. The molecule has 56 heavy (non-hydrogen) atoms. The van der Waals surface area contributed by atoms with Crippen LogP contribution in [-0.2, 0) is 10.8 Å².